The van der Waals surface area contributed by atoms with Gasteiger partial charge in [0.1, 0.15) is 4.66 Å². The van der Waals surface area contributed by atoms with Crippen molar-refractivity contribution in [2.45, 2.75) is 27.3 Å². The highest BCUT2D eigenvalue weighted by Gasteiger charge is 2.19. The van der Waals surface area contributed by atoms with Gasteiger partial charge in [0, 0.05) is 27.7 Å². The van der Waals surface area contributed by atoms with Crippen molar-refractivity contribution in [1.82, 2.24) is 9.55 Å². The van der Waals surface area contributed by atoms with E-state index >= 15 is 0 Å². The van der Waals surface area contributed by atoms with E-state index in [1.807, 2.05) is 39.0 Å². The molecule has 150 valence electrons. The van der Waals surface area contributed by atoms with Crippen LogP contribution in [0.2, 0.25) is 10.0 Å². The molecule has 29 heavy (non-hydrogen) atoms. The van der Waals surface area contributed by atoms with Gasteiger partial charge in [0.05, 0.1) is 16.8 Å². The van der Waals surface area contributed by atoms with Crippen LogP contribution in [0.1, 0.15) is 32.0 Å². The minimum atomic E-state index is -0.548. The second-order valence-electron chi connectivity index (χ2n) is 7.59. The molecule has 0 aliphatic heterocycles. The van der Waals surface area contributed by atoms with E-state index in [9.17, 15) is 9.59 Å². The van der Waals surface area contributed by atoms with E-state index in [1.165, 1.54) is 17.4 Å². The minimum Gasteiger partial charge on any atom is -0.294 e. The predicted molar refractivity (Wildman–Crippen MR) is 120 cm³/mol. The molecule has 3 aromatic rings. The molecule has 0 radical (unpaired) electrons. The Morgan fingerprint density at radius 3 is 2.59 bits per heavy atom. The van der Waals surface area contributed by atoms with Crippen molar-refractivity contribution in [3.63, 3.8) is 0 Å². The van der Waals surface area contributed by atoms with Gasteiger partial charge in [-0.05, 0) is 35.9 Å². The molecule has 0 N–H and O–H groups in total. The Morgan fingerprint density at radius 1 is 1.21 bits per heavy atom. The highest BCUT2D eigenvalue weighted by atomic mass is 35.5. The van der Waals surface area contributed by atoms with E-state index in [4.69, 9.17) is 23.2 Å². The van der Waals surface area contributed by atoms with Gasteiger partial charge in [-0.3, -0.25) is 19.1 Å². The van der Waals surface area contributed by atoms with Crippen LogP contribution in [-0.4, -0.2) is 15.3 Å². The zero-order valence-electron chi connectivity index (χ0n) is 16.3. The second kappa shape index (κ2) is 8.66. The zero-order chi connectivity index (χ0) is 21.2. The SMILES string of the molecule is CC(C)(C)C(=O)/C=c1\s/c(=C/c2ccccn2)c(=O)n1Cc1ccc(Cl)cc1Cl. The predicted octanol–water partition coefficient (Wildman–Crippen LogP) is 3.88. The number of carbonyl (C=O) groups is 1. The Hall–Kier alpha value is -2.21. The molecule has 0 saturated carbocycles. The molecule has 1 aromatic carbocycles. The third-order valence-electron chi connectivity index (χ3n) is 4.24. The fourth-order valence-corrected chi connectivity index (χ4v) is 4.03. The van der Waals surface area contributed by atoms with Crippen LogP contribution in [0.4, 0.5) is 0 Å². The van der Waals surface area contributed by atoms with Crippen molar-refractivity contribution >= 4 is 52.5 Å². The van der Waals surface area contributed by atoms with E-state index in [0.29, 0.717) is 24.9 Å². The maximum absolute atomic E-state index is 13.1. The molecule has 0 unspecified atom stereocenters. The van der Waals surface area contributed by atoms with Gasteiger partial charge in [-0.1, -0.05) is 56.1 Å². The Kier molecular flexibility index (Phi) is 6.42. The number of hydrogen-bond acceptors (Lipinski definition) is 4. The van der Waals surface area contributed by atoms with Gasteiger partial charge in [-0.2, -0.15) is 0 Å². The summed E-state index contributed by atoms with van der Waals surface area (Å²) in [6.07, 6.45) is 4.93. The van der Waals surface area contributed by atoms with Crippen LogP contribution in [0.5, 0.6) is 0 Å². The number of hydrogen-bond donors (Lipinski definition) is 0. The van der Waals surface area contributed by atoms with Crippen molar-refractivity contribution in [3.05, 3.63) is 83.4 Å². The van der Waals surface area contributed by atoms with Gasteiger partial charge in [0.2, 0.25) is 0 Å². The number of aromatic nitrogens is 2. The van der Waals surface area contributed by atoms with Gasteiger partial charge in [-0.15, -0.1) is 11.3 Å². The molecule has 0 amide bonds. The lowest BCUT2D eigenvalue weighted by Gasteiger charge is -2.13. The minimum absolute atomic E-state index is 0.0564. The van der Waals surface area contributed by atoms with Crippen LogP contribution in [0, 0.1) is 5.41 Å². The third kappa shape index (κ3) is 5.24. The van der Waals surface area contributed by atoms with Gasteiger partial charge < -0.3 is 0 Å². The number of benzene rings is 1. The average molecular weight is 447 g/mol. The summed E-state index contributed by atoms with van der Waals surface area (Å²) in [5, 5.41) is 0.995. The Bertz CT molecular complexity index is 1220. The average Bonchev–Trinajstić information content (AvgIpc) is 2.92. The summed E-state index contributed by atoms with van der Waals surface area (Å²) in [5.41, 5.74) is 0.683. The second-order valence-corrected chi connectivity index (χ2v) is 9.49. The maximum Gasteiger partial charge on any atom is 0.269 e. The molecular formula is C22H20Cl2N2O2S. The molecule has 2 heterocycles. The number of ketones is 1. The first-order valence-electron chi connectivity index (χ1n) is 8.97. The van der Waals surface area contributed by atoms with E-state index in [2.05, 4.69) is 4.98 Å². The summed E-state index contributed by atoms with van der Waals surface area (Å²) in [5.74, 6) is -0.0564. The lowest BCUT2D eigenvalue weighted by molar-refractivity contribution is -0.120. The van der Waals surface area contributed by atoms with Crippen LogP contribution in [0.15, 0.2) is 47.4 Å². The van der Waals surface area contributed by atoms with E-state index in [0.717, 1.165) is 5.56 Å². The lowest BCUT2D eigenvalue weighted by Crippen LogP contribution is -2.33. The fraction of sp³-hybridized carbons (Fsp3) is 0.227. The normalized spacial score (nSPS) is 13.1. The molecule has 3 rings (SSSR count). The summed E-state index contributed by atoms with van der Waals surface area (Å²) >= 11 is 13.6. The molecule has 4 nitrogen and oxygen atoms in total. The zero-order valence-corrected chi connectivity index (χ0v) is 18.6. The molecule has 0 aliphatic carbocycles. The van der Waals surface area contributed by atoms with Crippen LogP contribution in [0.3, 0.4) is 0 Å². The number of Topliss-reactive ketones (excluding diaryl/α,β-unsaturated/α-hetero) is 1. The first kappa shape index (κ1) is 21.5. The standard InChI is InChI=1S/C22H20Cl2N2O2S/c1-22(2,3)19(27)12-20-26(13-14-7-8-15(23)10-17(14)24)21(28)18(29-20)11-16-6-4-5-9-25-16/h4-12H,13H2,1-3H3/b18-11+,20-12-. The number of rotatable bonds is 4. The van der Waals surface area contributed by atoms with Crippen LogP contribution in [-0.2, 0) is 11.3 Å². The first-order valence-corrected chi connectivity index (χ1v) is 10.5. The molecular weight excluding hydrogens is 427 g/mol. The summed E-state index contributed by atoms with van der Waals surface area (Å²) in [6.45, 7) is 5.78. The van der Waals surface area contributed by atoms with Gasteiger partial charge in [-0.25, -0.2) is 0 Å². The third-order valence-corrected chi connectivity index (χ3v) is 5.89. The topological polar surface area (TPSA) is 52.0 Å². The van der Waals surface area contributed by atoms with Crippen molar-refractivity contribution < 1.29 is 4.79 Å². The largest absolute Gasteiger partial charge is 0.294 e. The summed E-state index contributed by atoms with van der Waals surface area (Å²) in [7, 11) is 0. The smallest absolute Gasteiger partial charge is 0.269 e. The van der Waals surface area contributed by atoms with Crippen molar-refractivity contribution in [3.8, 4) is 0 Å². The quantitative estimate of drug-likeness (QED) is 0.610. The van der Waals surface area contributed by atoms with E-state index < -0.39 is 5.41 Å². The molecule has 0 saturated heterocycles. The Morgan fingerprint density at radius 2 is 1.97 bits per heavy atom. The number of carbonyl (C=O) groups excluding carboxylic acids is 1. The highest BCUT2D eigenvalue weighted by Crippen LogP contribution is 2.21. The number of nitrogens with zero attached hydrogens (tertiary/aromatic N) is 2. The number of thiazole rings is 1. The molecule has 7 heteroatoms. The van der Waals surface area contributed by atoms with Crippen molar-refractivity contribution in [2.75, 3.05) is 0 Å². The molecule has 0 fully saturated rings. The molecule has 0 spiro atoms. The Balaban J connectivity index is 2.19. The van der Waals surface area contributed by atoms with Gasteiger partial charge >= 0.3 is 0 Å². The summed E-state index contributed by atoms with van der Waals surface area (Å²) in [6, 6.07) is 10.6. The molecule has 0 aliphatic rings. The van der Waals surface area contributed by atoms with E-state index in [1.54, 1.807) is 35.0 Å². The van der Waals surface area contributed by atoms with Gasteiger partial charge in [0.25, 0.3) is 5.56 Å². The van der Waals surface area contributed by atoms with Crippen LogP contribution in [0.25, 0.3) is 12.2 Å². The number of halogens is 2. The van der Waals surface area contributed by atoms with Crippen molar-refractivity contribution in [1.29, 1.82) is 0 Å². The van der Waals surface area contributed by atoms with Crippen LogP contribution < -0.4 is 14.8 Å². The highest BCUT2D eigenvalue weighted by molar-refractivity contribution is 7.07. The molecule has 2 aromatic heterocycles. The fourth-order valence-electron chi connectivity index (χ4n) is 2.54. The summed E-state index contributed by atoms with van der Waals surface area (Å²) < 4.78 is 2.64. The first-order chi connectivity index (χ1) is 13.6. The number of pyridine rings is 1. The van der Waals surface area contributed by atoms with Gasteiger partial charge in [0.15, 0.2) is 5.78 Å². The maximum atomic E-state index is 13.1. The Labute approximate surface area is 182 Å². The van der Waals surface area contributed by atoms with E-state index in [-0.39, 0.29) is 17.9 Å². The molecule has 0 bridgehead atoms. The van der Waals surface area contributed by atoms with Crippen LogP contribution >= 0.6 is 34.5 Å². The summed E-state index contributed by atoms with van der Waals surface area (Å²) in [4.78, 5) is 30.0. The lowest BCUT2D eigenvalue weighted by atomic mass is 9.91. The molecule has 0 atom stereocenters. The monoisotopic (exact) mass is 446 g/mol. The van der Waals surface area contributed by atoms with Crippen molar-refractivity contribution in [2.24, 2.45) is 5.41 Å².